The van der Waals surface area contributed by atoms with Crippen molar-refractivity contribution in [1.82, 2.24) is 14.7 Å². The maximum atomic E-state index is 12.5. The van der Waals surface area contributed by atoms with Crippen LogP contribution in [0.15, 0.2) is 0 Å². The molecule has 0 radical (unpaired) electrons. The molecule has 0 aromatic heterocycles. The fraction of sp³-hybridized carbons (Fsp3) is 0.944. The number of carbonyl (C=O) groups is 1. The Labute approximate surface area is 136 Å². The molecule has 2 aliphatic heterocycles. The summed E-state index contributed by atoms with van der Waals surface area (Å²) in [6.45, 7) is 10.5. The molecule has 4 nitrogen and oxygen atoms in total. The fourth-order valence-electron chi connectivity index (χ4n) is 4.03. The monoisotopic (exact) mass is 309 g/mol. The molecule has 2 atom stereocenters. The highest BCUT2D eigenvalue weighted by Gasteiger charge is 2.27. The van der Waals surface area contributed by atoms with Gasteiger partial charge in [0.05, 0.1) is 6.54 Å². The van der Waals surface area contributed by atoms with Crippen molar-refractivity contribution in [2.24, 2.45) is 17.8 Å². The topological polar surface area (TPSA) is 26.8 Å². The fourth-order valence-corrected chi connectivity index (χ4v) is 4.03. The third-order valence-electron chi connectivity index (χ3n) is 5.27. The predicted octanol–water partition coefficient (Wildman–Crippen LogP) is 2.15. The average Bonchev–Trinajstić information content (AvgIpc) is 2.45. The lowest BCUT2D eigenvalue weighted by atomic mass is 9.91. The molecule has 2 unspecified atom stereocenters. The van der Waals surface area contributed by atoms with E-state index >= 15 is 0 Å². The number of amides is 1. The van der Waals surface area contributed by atoms with Crippen LogP contribution in [0.2, 0.25) is 0 Å². The van der Waals surface area contributed by atoms with Gasteiger partial charge in [-0.15, -0.1) is 0 Å². The van der Waals surface area contributed by atoms with Gasteiger partial charge in [-0.3, -0.25) is 9.69 Å². The van der Waals surface area contributed by atoms with Gasteiger partial charge in [0.25, 0.3) is 0 Å². The van der Waals surface area contributed by atoms with Crippen molar-refractivity contribution < 1.29 is 4.79 Å². The highest BCUT2D eigenvalue weighted by molar-refractivity contribution is 5.78. The summed E-state index contributed by atoms with van der Waals surface area (Å²) in [7, 11) is 4.29. The Morgan fingerprint density at radius 2 is 1.68 bits per heavy atom. The van der Waals surface area contributed by atoms with Gasteiger partial charge in [-0.1, -0.05) is 13.8 Å². The molecule has 2 heterocycles. The molecule has 2 fully saturated rings. The summed E-state index contributed by atoms with van der Waals surface area (Å²) in [4.78, 5) is 19.3. The Bertz CT molecular complexity index is 340. The summed E-state index contributed by atoms with van der Waals surface area (Å²) in [5, 5.41) is 0. The van der Waals surface area contributed by atoms with Crippen LogP contribution in [-0.2, 0) is 4.79 Å². The number of nitrogens with zero attached hydrogens (tertiary/aromatic N) is 3. The van der Waals surface area contributed by atoms with Crippen LogP contribution in [0.1, 0.15) is 39.5 Å². The molecule has 2 aliphatic rings. The maximum absolute atomic E-state index is 12.5. The van der Waals surface area contributed by atoms with E-state index in [4.69, 9.17) is 0 Å². The minimum atomic E-state index is 0.352. The average molecular weight is 309 g/mol. The summed E-state index contributed by atoms with van der Waals surface area (Å²) < 4.78 is 0. The number of hydrogen-bond acceptors (Lipinski definition) is 3. The van der Waals surface area contributed by atoms with Gasteiger partial charge in [0.15, 0.2) is 0 Å². The Balaban J connectivity index is 1.70. The quantitative estimate of drug-likeness (QED) is 0.778. The van der Waals surface area contributed by atoms with Crippen LogP contribution < -0.4 is 0 Å². The van der Waals surface area contributed by atoms with Crippen LogP contribution in [0.25, 0.3) is 0 Å². The van der Waals surface area contributed by atoms with Crippen LogP contribution in [0, 0.1) is 17.8 Å². The first-order valence-corrected chi connectivity index (χ1v) is 9.09. The summed E-state index contributed by atoms with van der Waals surface area (Å²) in [6.07, 6.45) is 5.08. The Kier molecular flexibility index (Phi) is 6.69. The Hall–Kier alpha value is -0.610. The number of rotatable bonds is 5. The summed E-state index contributed by atoms with van der Waals surface area (Å²) >= 11 is 0. The Morgan fingerprint density at radius 1 is 1.09 bits per heavy atom. The van der Waals surface area contributed by atoms with E-state index in [2.05, 4.69) is 42.6 Å². The lowest BCUT2D eigenvalue weighted by Gasteiger charge is -2.37. The van der Waals surface area contributed by atoms with E-state index in [-0.39, 0.29) is 0 Å². The minimum absolute atomic E-state index is 0.352. The number of carbonyl (C=O) groups excluding carboxylic acids is 1. The van der Waals surface area contributed by atoms with E-state index in [0.717, 1.165) is 32.1 Å². The largest absolute Gasteiger partial charge is 0.341 e. The second-order valence-electron chi connectivity index (χ2n) is 8.06. The number of piperidine rings is 2. The number of hydrogen-bond donors (Lipinski definition) is 0. The van der Waals surface area contributed by atoms with Gasteiger partial charge in [0.2, 0.25) is 5.91 Å². The van der Waals surface area contributed by atoms with Crippen LogP contribution in [0.5, 0.6) is 0 Å². The predicted molar refractivity (Wildman–Crippen MR) is 91.9 cm³/mol. The molecule has 128 valence electrons. The molecule has 0 aliphatic carbocycles. The van der Waals surface area contributed by atoms with Gasteiger partial charge in [0, 0.05) is 13.1 Å². The summed E-state index contributed by atoms with van der Waals surface area (Å²) in [5.74, 6) is 2.52. The first-order chi connectivity index (χ1) is 10.4. The van der Waals surface area contributed by atoms with Gasteiger partial charge in [-0.05, 0) is 77.2 Å². The van der Waals surface area contributed by atoms with E-state index in [1.54, 1.807) is 0 Å². The van der Waals surface area contributed by atoms with Crippen molar-refractivity contribution in [1.29, 1.82) is 0 Å². The third kappa shape index (κ3) is 5.54. The molecule has 0 aromatic carbocycles. The molecule has 0 spiro atoms. The minimum Gasteiger partial charge on any atom is -0.341 e. The number of likely N-dealkylation sites (tertiary alicyclic amines) is 2. The zero-order valence-electron chi connectivity index (χ0n) is 15.1. The molecule has 2 saturated heterocycles. The molecule has 2 rings (SSSR count). The molecule has 4 heteroatoms. The molecule has 0 saturated carbocycles. The molecule has 22 heavy (non-hydrogen) atoms. The van der Waals surface area contributed by atoms with E-state index in [1.165, 1.54) is 32.2 Å². The van der Waals surface area contributed by atoms with Crippen molar-refractivity contribution in [2.75, 3.05) is 53.4 Å². The third-order valence-corrected chi connectivity index (χ3v) is 5.27. The second kappa shape index (κ2) is 8.30. The molecular formula is C18H35N3O. The first kappa shape index (κ1) is 17.7. The Morgan fingerprint density at radius 3 is 2.23 bits per heavy atom. The van der Waals surface area contributed by atoms with Crippen molar-refractivity contribution in [2.45, 2.75) is 39.5 Å². The van der Waals surface area contributed by atoms with Gasteiger partial charge in [0.1, 0.15) is 0 Å². The van der Waals surface area contributed by atoms with Crippen molar-refractivity contribution in [3.05, 3.63) is 0 Å². The van der Waals surface area contributed by atoms with E-state index in [0.29, 0.717) is 24.3 Å². The van der Waals surface area contributed by atoms with Gasteiger partial charge >= 0.3 is 0 Å². The second-order valence-corrected chi connectivity index (χ2v) is 8.06. The van der Waals surface area contributed by atoms with E-state index in [1.807, 2.05) is 0 Å². The molecule has 0 N–H and O–H groups in total. The highest BCUT2D eigenvalue weighted by atomic mass is 16.2. The van der Waals surface area contributed by atoms with Crippen LogP contribution in [0.3, 0.4) is 0 Å². The highest BCUT2D eigenvalue weighted by Crippen LogP contribution is 2.23. The maximum Gasteiger partial charge on any atom is 0.236 e. The van der Waals surface area contributed by atoms with Crippen LogP contribution in [0.4, 0.5) is 0 Å². The van der Waals surface area contributed by atoms with Crippen molar-refractivity contribution >= 4 is 5.91 Å². The van der Waals surface area contributed by atoms with Gasteiger partial charge in [-0.25, -0.2) is 0 Å². The lowest BCUT2D eigenvalue weighted by molar-refractivity contribution is -0.135. The smallest absolute Gasteiger partial charge is 0.236 e. The van der Waals surface area contributed by atoms with E-state index < -0.39 is 0 Å². The molecule has 1 amide bonds. The molecular weight excluding hydrogens is 274 g/mol. The zero-order valence-corrected chi connectivity index (χ0v) is 15.1. The van der Waals surface area contributed by atoms with Crippen molar-refractivity contribution in [3.63, 3.8) is 0 Å². The molecule has 0 aromatic rings. The van der Waals surface area contributed by atoms with Crippen LogP contribution >= 0.6 is 0 Å². The molecule has 0 bridgehead atoms. The van der Waals surface area contributed by atoms with E-state index in [9.17, 15) is 4.79 Å². The first-order valence-electron chi connectivity index (χ1n) is 9.09. The van der Waals surface area contributed by atoms with Gasteiger partial charge < -0.3 is 9.80 Å². The normalized spacial score (nSPS) is 28.3. The standard InChI is InChI=1S/C18H35N3O/c1-15-11-16(2)13-21(12-15)18(22)14-20-9-6-17(7-10-20)5-8-19(3)4/h15-17H,5-14H2,1-4H3. The zero-order chi connectivity index (χ0) is 16.1. The lowest BCUT2D eigenvalue weighted by Crippen LogP contribution is -2.48. The van der Waals surface area contributed by atoms with Gasteiger partial charge in [-0.2, -0.15) is 0 Å². The van der Waals surface area contributed by atoms with Crippen molar-refractivity contribution in [3.8, 4) is 0 Å². The van der Waals surface area contributed by atoms with Crippen LogP contribution in [-0.4, -0.2) is 74.0 Å². The SMILES string of the molecule is CC1CC(C)CN(C(=O)CN2CCC(CCN(C)C)CC2)C1. The summed E-state index contributed by atoms with van der Waals surface area (Å²) in [5.41, 5.74) is 0. The summed E-state index contributed by atoms with van der Waals surface area (Å²) in [6, 6.07) is 0.